The molecule has 116 valence electrons. The minimum Gasteiger partial charge on any atom is -0.366 e. The highest BCUT2D eigenvalue weighted by Gasteiger charge is 2.15. The third-order valence-corrected chi connectivity index (χ3v) is 3.67. The lowest BCUT2D eigenvalue weighted by Crippen LogP contribution is -2.16. The summed E-state index contributed by atoms with van der Waals surface area (Å²) in [7, 11) is 1.69. The highest BCUT2D eigenvalue weighted by atomic mass is 19.1. The second-order valence-electron chi connectivity index (χ2n) is 5.16. The van der Waals surface area contributed by atoms with Crippen LogP contribution >= 0.6 is 0 Å². The Labute approximate surface area is 131 Å². The second kappa shape index (κ2) is 5.57. The first-order chi connectivity index (χ1) is 11.0. The van der Waals surface area contributed by atoms with Gasteiger partial charge in [-0.3, -0.25) is 9.59 Å². The predicted octanol–water partition coefficient (Wildman–Crippen LogP) is 2.67. The zero-order valence-corrected chi connectivity index (χ0v) is 12.3. The van der Waals surface area contributed by atoms with E-state index in [1.165, 1.54) is 18.2 Å². The topological polar surface area (TPSA) is 77.1 Å². The summed E-state index contributed by atoms with van der Waals surface area (Å²) in [4.78, 5) is 23.6. The first-order valence-electron chi connectivity index (χ1n) is 6.92. The first kappa shape index (κ1) is 14.8. The fraction of sp³-hybridized carbons (Fsp3) is 0.0588. The summed E-state index contributed by atoms with van der Waals surface area (Å²) in [5.41, 5.74) is 6.90. The lowest BCUT2D eigenvalue weighted by Gasteiger charge is -2.07. The minimum atomic E-state index is -0.576. The summed E-state index contributed by atoms with van der Waals surface area (Å²) in [5, 5.41) is 3.07. The molecule has 0 fully saturated rings. The van der Waals surface area contributed by atoms with Gasteiger partial charge in [0.25, 0.3) is 5.91 Å². The van der Waals surface area contributed by atoms with Gasteiger partial charge in [0.2, 0.25) is 5.91 Å². The molecule has 5 nitrogen and oxygen atoms in total. The number of amides is 2. The number of benzene rings is 2. The molecule has 0 aliphatic rings. The van der Waals surface area contributed by atoms with Crippen LogP contribution in [-0.2, 0) is 7.05 Å². The van der Waals surface area contributed by atoms with Crippen molar-refractivity contribution < 1.29 is 14.0 Å². The summed E-state index contributed by atoms with van der Waals surface area (Å²) in [6, 6.07) is 12.5. The van der Waals surface area contributed by atoms with Gasteiger partial charge in [-0.2, -0.15) is 0 Å². The number of aryl methyl sites for hydroxylation is 1. The molecule has 23 heavy (non-hydrogen) atoms. The van der Waals surface area contributed by atoms with Gasteiger partial charge in [0.05, 0.1) is 5.52 Å². The van der Waals surface area contributed by atoms with Gasteiger partial charge >= 0.3 is 0 Å². The van der Waals surface area contributed by atoms with Crippen molar-refractivity contribution in [3.63, 3.8) is 0 Å². The van der Waals surface area contributed by atoms with E-state index in [0.717, 1.165) is 0 Å². The maximum atomic E-state index is 13.8. The quantitative estimate of drug-likeness (QED) is 0.780. The van der Waals surface area contributed by atoms with Crippen molar-refractivity contribution >= 4 is 28.4 Å². The number of primary amides is 1. The molecule has 0 unspecified atom stereocenters. The Hall–Kier alpha value is -3.15. The zero-order chi connectivity index (χ0) is 16.6. The van der Waals surface area contributed by atoms with Crippen LogP contribution in [0.1, 0.15) is 20.8 Å². The Morgan fingerprint density at radius 1 is 1.13 bits per heavy atom. The number of anilines is 1. The van der Waals surface area contributed by atoms with Gasteiger partial charge in [0.1, 0.15) is 11.5 Å². The van der Waals surface area contributed by atoms with Crippen LogP contribution in [0.4, 0.5) is 10.1 Å². The van der Waals surface area contributed by atoms with Gasteiger partial charge in [-0.05, 0) is 36.4 Å². The van der Waals surface area contributed by atoms with Crippen molar-refractivity contribution in [1.29, 1.82) is 0 Å². The normalized spacial score (nSPS) is 10.7. The molecule has 0 spiro atoms. The summed E-state index contributed by atoms with van der Waals surface area (Å²) in [6.45, 7) is 0. The third kappa shape index (κ3) is 2.66. The van der Waals surface area contributed by atoms with E-state index in [2.05, 4.69) is 5.32 Å². The van der Waals surface area contributed by atoms with Crippen LogP contribution in [0.2, 0.25) is 0 Å². The van der Waals surface area contributed by atoms with Crippen LogP contribution in [0, 0.1) is 5.82 Å². The number of fused-ring (bicyclic) bond motifs is 1. The molecule has 6 heteroatoms. The van der Waals surface area contributed by atoms with Crippen LogP contribution in [0.5, 0.6) is 0 Å². The monoisotopic (exact) mass is 311 g/mol. The molecule has 2 aromatic carbocycles. The molecule has 0 radical (unpaired) electrons. The van der Waals surface area contributed by atoms with Crippen LogP contribution < -0.4 is 11.1 Å². The van der Waals surface area contributed by atoms with E-state index < -0.39 is 11.8 Å². The molecule has 0 aliphatic carbocycles. The summed E-state index contributed by atoms with van der Waals surface area (Å²) >= 11 is 0. The van der Waals surface area contributed by atoms with Crippen LogP contribution in [0.15, 0.2) is 48.5 Å². The Kier molecular flexibility index (Phi) is 3.57. The summed E-state index contributed by atoms with van der Waals surface area (Å²) < 4.78 is 15.4. The van der Waals surface area contributed by atoms with Gasteiger partial charge in [-0.25, -0.2) is 4.39 Å². The van der Waals surface area contributed by atoms with Crippen LogP contribution in [-0.4, -0.2) is 16.4 Å². The maximum absolute atomic E-state index is 13.8. The molecule has 0 saturated carbocycles. The van der Waals surface area contributed by atoms with Gasteiger partial charge in [-0.1, -0.05) is 12.1 Å². The van der Waals surface area contributed by atoms with Crippen molar-refractivity contribution in [1.82, 2.24) is 4.57 Å². The Morgan fingerprint density at radius 2 is 1.87 bits per heavy atom. The maximum Gasteiger partial charge on any atom is 0.272 e. The average Bonchev–Trinajstić information content (AvgIpc) is 2.86. The van der Waals surface area contributed by atoms with Crippen LogP contribution in [0.25, 0.3) is 10.9 Å². The summed E-state index contributed by atoms with van der Waals surface area (Å²) in [5.74, 6) is -1.36. The number of hydrogen-bond acceptors (Lipinski definition) is 2. The van der Waals surface area contributed by atoms with E-state index in [-0.39, 0.29) is 5.82 Å². The number of carbonyl (C=O) groups excluding carboxylic acids is 2. The molecule has 2 amide bonds. The fourth-order valence-electron chi connectivity index (χ4n) is 2.49. The molecule has 0 bridgehead atoms. The Bertz CT molecular complexity index is 931. The molecule has 0 saturated heterocycles. The SMILES string of the molecule is Cn1c(C(=O)Nc2cccc(C(N)=O)c2)cc2c(F)cccc21. The van der Waals surface area contributed by atoms with Gasteiger partial charge in [0.15, 0.2) is 0 Å². The highest BCUT2D eigenvalue weighted by Crippen LogP contribution is 2.22. The molecule has 0 atom stereocenters. The lowest BCUT2D eigenvalue weighted by atomic mass is 10.2. The first-order valence-corrected chi connectivity index (χ1v) is 6.92. The number of nitrogens with two attached hydrogens (primary N) is 1. The van der Waals surface area contributed by atoms with Crippen molar-refractivity contribution in [2.45, 2.75) is 0 Å². The van der Waals surface area contributed by atoms with E-state index >= 15 is 0 Å². The second-order valence-corrected chi connectivity index (χ2v) is 5.16. The predicted molar refractivity (Wildman–Crippen MR) is 85.8 cm³/mol. The number of carbonyl (C=O) groups is 2. The molecule has 1 aromatic heterocycles. The lowest BCUT2D eigenvalue weighted by molar-refractivity contribution is 0.0995. The van der Waals surface area contributed by atoms with Crippen molar-refractivity contribution in [2.75, 3.05) is 5.32 Å². The summed E-state index contributed by atoms with van der Waals surface area (Å²) in [6.07, 6.45) is 0. The number of nitrogens with zero attached hydrogens (tertiary/aromatic N) is 1. The largest absolute Gasteiger partial charge is 0.366 e. The average molecular weight is 311 g/mol. The molecule has 1 heterocycles. The molecule has 3 N–H and O–H groups in total. The number of nitrogens with one attached hydrogen (secondary N) is 1. The molecule has 3 rings (SSSR count). The van der Waals surface area contributed by atoms with Crippen molar-refractivity contribution in [3.05, 3.63) is 65.6 Å². The highest BCUT2D eigenvalue weighted by molar-refractivity contribution is 6.07. The van der Waals surface area contributed by atoms with E-state index in [4.69, 9.17) is 5.73 Å². The molecular formula is C17H14FN3O2. The molecular weight excluding hydrogens is 297 g/mol. The number of hydrogen-bond donors (Lipinski definition) is 2. The standard InChI is InChI=1S/C17H14FN3O2/c1-21-14-7-3-6-13(18)12(14)9-15(21)17(23)20-11-5-2-4-10(8-11)16(19)22/h2-9H,1H3,(H2,19,22)(H,20,23). The van der Waals surface area contributed by atoms with E-state index in [1.807, 2.05) is 0 Å². The minimum absolute atomic E-state index is 0.297. The van der Waals surface area contributed by atoms with Crippen molar-refractivity contribution in [2.24, 2.45) is 12.8 Å². The van der Waals surface area contributed by atoms with E-state index in [1.54, 1.807) is 41.9 Å². The van der Waals surface area contributed by atoms with E-state index in [9.17, 15) is 14.0 Å². The van der Waals surface area contributed by atoms with Crippen molar-refractivity contribution in [3.8, 4) is 0 Å². The van der Waals surface area contributed by atoms with Gasteiger partial charge in [0, 0.05) is 23.7 Å². The van der Waals surface area contributed by atoms with Crippen LogP contribution in [0.3, 0.4) is 0 Å². The van der Waals surface area contributed by atoms with Gasteiger partial charge < -0.3 is 15.6 Å². The Morgan fingerprint density at radius 3 is 2.57 bits per heavy atom. The van der Waals surface area contributed by atoms with Gasteiger partial charge in [-0.15, -0.1) is 0 Å². The molecule has 0 aliphatic heterocycles. The fourth-order valence-corrected chi connectivity index (χ4v) is 2.49. The third-order valence-electron chi connectivity index (χ3n) is 3.67. The smallest absolute Gasteiger partial charge is 0.272 e. The molecule has 3 aromatic rings. The number of aromatic nitrogens is 1. The Balaban J connectivity index is 1.95. The number of rotatable bonds is 3. The van der Waals surface area contributed by atoms with E-state index in [0.29, 0.717) is 27.8 Å². The zero-order valence-electron chi connectivity index (χ0n) is 12.3. The number of halogens is 1.